The lowest BCUT2D eigenvalue weighted by atomic mass is 10.1. The highest BCUT2D eigenvalue weighted by molar-refractivity contribution is 8.93. The third-order valence-electron chi connectivity index (χ3n) is 3.94. The molecule has 4 rings (SSSR count). The lowest BCUT2D eigenvalue weighted by Gasteiger charge is -1.96. The average molecular weight is 572 g/mol. The summed E-state index contributed by atoms with van der Waals surface area (Å²) < 4.78 is 0. The third-order valence-corrected chi connectivity index (χ3v) is 5.77. The van der Waals surface area contributed by atoms with Gasteiger partial charge in [-0.1, -0.05) is 0 Å². The molecule has 2 aromatic heterocycles. The Morgan fingerprint density at radius 1 is 0.633 bits per heavy atom. The van der Waals surface area contributed by atoms with Crippen molar-refractivity contribution in [1.29, 1.82) is 0 Å². The van der Waals surface area contributed by atoms with Crippen LogP contribution in [0.15, 0.2) is 59.3 Å². The minimum absolute atomic E-state index is 0. The molecule has 8 nitrogen and oxygen atoms in total. The Morgan fingerprint density at radius 3 is 1.27 bits per heavy atom. The zero-order valence-corrected chi connectivity index (χ0v) is 19.9. The highest BCUT2D eigenvalue weighted by atomic mass is 79.9. The van der Waals surface area contributed by atoms with Crippen LogP contribution < -0.4 is 0 Å². The van der Waals surface area contributed by atoms with Crippen molar-refractivity contribution in [2.24, 2.45) is 0 Å². The molecule has 12 heteroatoms. The predicted octanol–water partition coefficient (Wildman–Crippen LogP) is 6.57. The molecule has 2 heterocycles. The van der Waals surface area contributed by atoms with Crippen molar-refractivity contribution in [3.63, 3.8) is 0 Å². The van der Waals surface area contributed by atoms with Gasteiger partial charge in [0.15, 0.2) is 10.0 Å². The number of aromatic nitrogens is 2. The summed E-state index contributed by atoms with van der Waals surface area (Å²) in [6.45, 7) is 0. The largest absolute Gasteiger partial charge is 0.269 e. The Balaban J connectivity index is 0.00000160. The molecule has 0 unspecified atom stereocenters. The summed E-state index contributed by atoms with van der Waals surface area (Å²) in [7, 11) is 0. The van der Waals surface area contributed by atoms with Crippen molar-refractivity contribution in [3.05, 3.63) is 79.5 Å². The van der Waals surface area contributed by atoms with Gasteiger partial charge in [-0.3, -0.25) is 20.2 Å². The fourth-order valence-electron chi connectivity index (χ4n) is 2.52. The Hall–Kier alpha value is -2.54. The van der Waals surface area contributed by atoms with E-state index >= 15 is 0 Å². The average Bonchev–Trinajstić information content (AvgIpc) is 3.38. The first-order valence-corrected chi connectivity index (χ1v) is 9.68. The van der Waals surface area contributed by atoms with E-state index in [1.54, 1.807) is 24.3 Å². The maximum absolute atomic E-state index is 10.8. The molecule has 0 aliphatic carbocycles. The van der Waals surface area contributed by atoms with Crippen LogP contribution in [0.1, 0.15) is 0 Å². The summed E-state index contributed by atoms with van der Waals surface area (Å²) in [5.41, 5.74) is 3.10. The van der Waals surface area contributed by atoms with Crippen LogP contribution in [0.25, 0.3) is 32.5 Å². The molecule has 0 atom stereocenters. The van der Waals surface area contributed by atoms with Crippen molar-refractivity contribution in [2.45, 2.75) is 0 Å². The van der Waals surface area contributed by atoms with Crippen molar-refractivity contribution in [2.75, 3.05) is 0 Å². The maximum atomic E-state index is 10.8. The van der Waals surface area contributed by atoms with Crippen LogP contribution in [-0.2, 0) is 0 Å². The minimum atomic E-state index is -0.439. The molecule has 0 saturated heterocycles. The second-order valence-electron chi connectivity index (χ2n) is 5.68. The summed E-state index contributed by atoms with van der Waals surface area (Å²) in [6.07, 6.45) is 0. The standard InChI is InChI=1S/C18H10N4O4S2.2BrH/c23-21(24)13-5-1-11(2-6-13)15-9-27-17(19-15)18-20-16(10-28-18)12-3-7-14(8-4-12)22(25)26;;/h1-10H;2*1H. The second-order valence-corrected chi connectivity index (χ2v) is 7.40. The molecule has 2 aromatic carbocycles. The fraction of sp³-hybridized carbons (Fsp3) is 0. The zero-order valence-electron chi connectivity index (χ0n) is 14.8. The number of nitrogens with zero attached hydrogens (tertiary/aromatic N) is 4. The second kappa shape index (κ2) is 9.98. The van der Waals surface area contributed by atoms with Gasteiger partial charge in [-0.2, -0.15) is 0 Å². The van der Waals surface area contributed by atoms with Gasteiger partial charge in [0.1, 0.15) is 0 Å². The molecule has 0 spiro atoms. The van der Waals surface area contributed by atoms with Gasteiger partial charge in [-0.25, -0.2) is 9.97 Å². The summed E-state index contributed by atoms with van der Waals surface area (Å²) in [4.78, 5) is 29.8. The van der Waals surface area contributed by atoms with Crippen LogP contribution in [-0.4, -0.2) is 19.8 Å². The van der Waals surface area contributed by atoms with Gasteiger partial charge in [-0.15, -0.1) is 56.6 Å². The number of benzene rings is 2. The third kappa shape index (κ3) is 4.95. The predicted molar refractivity (Wildman–Crippen MR) is 128 cm³/mol. The van der Waals surface area contributed by atoms with Crippen LogP contribution in [0.3, 0.4) is 0 Å². The molecule has 4 aromatic rings. The minimum Gasteiger partial charge on any atom is -0.258 e. The maximum Gasteiger partial charge on any atom is 0.269 e. The highest BCUT2D eigenvalue weighted by Crippen LogP contribution is 2.34. The molecule has 30 heavy (non-hydrogen) atoms. The molecule has 0 fully saturated rings. The first-order valence-electron chi connectivity index (χ1n) is 7.92. The zero-order chi connectivity index (χ0) is 19.7. The number of nitro benzene ring substituents is 2. The molecule has 0 N–H and O–H groups in total. The molecule has 0 aliphatic heterocycles. The lowest BCUT2D eigenvalue weighted by molar-refractivity contribution is -0.385. The summed E-state index contributed by atoms with van der Waals surface area (Å²) >= 11 is 2.87. The van der Waals surface area contributed by atoms with Crippen LogP contribution in [0.4, 0.5) is 11.4 Å². The summed E-state index contributed by atoms with van der Waals surface area (Å²) in [5.74, 6) is 0. The molecule has 0 amide bonds. The van der Waals surface area contributed by atoms with E-state index in [2.05, 4.69) is 9.97 Å². The number of thiazole rings is 2. The SMILES string of the molecule is Br.Br.O=[N+]([O-])c1ccc(-c2csc(-c3nc(-c4ccc([N+](=O)[O-])cc4)cs3)n2)cc1. The van der Waals surface area contributed by atoms with Crippen LogP contribution in [0, 0.1) is 20.2 Å². The van der Waals surface area contributed by atoms with Crippen molar-refractivity contribution >= 4 is 68.0 Å². The van der Waals surface area contributed by atoms with Gasteiger partial charge in [0.05, 0.1) is 21.2 Å². The van der Waals surface area contributed by atoms with Gasteiger partial charge in [0.2, 0.25) is 0 Å². The van der Waals surface area contributed by atoms with E-state index in [1.807, 2.05) is 10.8 Å². The Labute approximate surface area is 199 Å². The topological polar surface area (TPSA) is 112 Å². The summed E-state index contributed by atoms with van der Waals surface area (Å²) in [5, 5.41) is 26.8. The molecule has 0 aliphatic rings. The highest BCUT2D eigenvalue weighted by Gasteiger charge is 2.13. The van der Waals surface area contributed by atoms with Gasteiger partial charge in [-0.05, 0) is 24.3 Å². The van der Waals surface area contributed by atoms with Crippen molar-refractivity contribution < 1.29 is 9.85 Å². The van der Waals surface area contributed by atoms with E-state index < -0.39 is 9.85 Å². The Bertz CT molecular complexity index is 1080. The van der Waals surface area contributed by atoms with E-state index in [-0.39, 0.29) is 45.3 Å². The number of non-ortho nitro benzene ring substituents is 2. The first-order chi connectivity index (χ1) is 13.5. The van der Waals surface area contributed by atoms with Gasteiger partial charge < -0.3 is 0 Å². The van der Waals surface area contributed by atoms with E-state index in [4.69, 9.17) is 0 Å². The Morgan fingerprint density at radius 2 is 0.967 bits per heavy atom. The van der Waals surface area contributed by atoms with E-state index in [0.29, 0.717) is 0 Å². The number of halogens is 2. The number of hydrogen-bond donors (Lipinski definition) is 0. The molecular formula is C18H12Br2N4O4S2. The van der Waals surface area contributed by atoms with Crippen LogP contribution in [0.2, 0.25) is 0 Å². The molecule has 0 bridgehead atoms. The summed E-state index contributed by atoms with van der Waals surface area (Å²) in [6, 6.07) is 12.5. The number of hydrogen-bond acceptors (Lipinski definition) is 8. The van der Waals surface area contributed by atoms with Crippen LogP contribution >= 0.6 is 56.6 Å². The first kappa shape index (κ1) is 23.7. The lowest BCUT2D eigenvalue weighted by Crippen LogP contribution is -1.87. The quantitative estimate of drug-likeness (QED) is 0.198. The number of rotatable bonds is 5. The van der Waals surface area contributed by atoms with Gasteiger partial charge in [0, 0.05) is 46.2 Å². The van der Waals surface area contributed by atoms with Crippen molar-refractivity contribution in [3.8, 4) is 32.5 Å². The molecule has 154 valence electrons. The number of nitro groups is 2. The normalized spacial score (nSPS) is 10.0. The smallest absolute Gasteiger partial charge is 0.258 e. The van der Waals surface area contributed by atoms with Gasteiger partial charge >= 0.3 is 0 Å². The van der Waals surface area contributed by atoms with E-state index in [9.17, 15) is 20.2 Å². The molecule has 0 radical (unpaired) electrons. The molecule has 0 saturated carbocycles. The van der Waals surface area contributed by atoms with E-state index in [0.717, 1.165) is 32.5 Å². The Kier molecular flexibility index (Phi) is 7.89. The van der Waals surface area contributed by atoms with Gasteiger partial charge in [0.25, 0.3) is 11.4 Å². The molecular weight excluding hydrogens is 560 g/mol. The van der Waals surface area contributed by atoms with Crippen molar-refractivity contribution in [1.82, 2.24) is 9.97 Å². The monoisotopic (exact) mass is 570 g/mol. The fourth-order valence-corrected chi connectivity index (χ4v) is 4.22. The van der Waals surface area contributed by atoms with E-state index in [1.165, 1.54) is 46.9 Å². The van der Waals surface area contributed by atoms with Crippen LogP contribution in [0.5, 0.6) is 0 Å².